The van der Waals surface area contributed by atoms with Crippen molar-refractivity contribution in [1.82, 2.24) is 5.32 Å². The van der Waals surface area contributed by atoms with Crippen LogP contribution in [-0.2, 0) is 12.4 Å². The highest BCUT2D eigenvalue weighted by molar-refractivity contribution is 5.34. The Morgan fingerprint density at radius 1 is 1.00 bits per heavy atom. The second-order valence-corrected chi connectivity index (χ2v) is 4.56. The van der Waals surface area contributed by atoms with Crippen LogP contribution in [0.2, 0.25) is 0 Å². The Balaban J connectivity index is 3.13. The van der Waals surface area contributed by atoms with Crippen LogP contribution in [0.25, 0.3) is 0 Å². The third kappa shape index (κ3) is 5.20. The summed E-state index contributed by atoms with van der Waals surface area (Å²) in [6.07, 6.45) is -10.5. The number of nitrogens with one attached hydrogen (secondary N) is 1. The number of alkyl halides is 6. The van der Waals surface area contributed by atoms with Crippen LogP contribution < -0.4 is 5.32 Å². The molecule has 0 bridgehead atoms. The second kappa shape index (κ2) is 6.65. The minimum Gasteiger partial charge on any atom is -0.387 e. The Morgan fingerprint density at radius 2 is 1.48 bits per heavy atom. The lowest BCUT2D eigenvalue weighted by molar-refractivity contribution is -0.143. The molecule has 0 saturated carbocycles. The molecule has 0 fully saturated rings. The van der Waals surface area contributed by atoms with E-state index in [-0.39, 0.29) is 12.6 Å². The molecule has 0 aliphatic carbocycles. The van der Waals surface area contributed by atoms with Gasteiger partial charge in [-0.05, 0) is 36.7 Å². The first-order valence-electron chi connectivity index (χ1n) is 6.24. The number of aliphatic hydroxyl groups is 1. The molecule has 8 heteroatoms. The van der Waals surface area contributed by atoms with E-state index in [4.69, 9.17) is 0 Å². The average molecular weight is 315 g/mol. The molecule has 0 radical (unpaired) electrons. The Morgan fingerprint density at radius 3 is 1.86 bits per heavy atom. The highest BCUT2D eigenvalue weighted by Crippen LogP contribution is 2.37. The zero-order chi connectivity index (χ0) is 16.3. The number of rotatable bonds is 5. The fourth-order valence-corrected chi connectivity index (χ4v) is 1.70. The van der Waals surface area contributed by atoms with Crippen LogP contribution in [0.5, 0.6) is 0 Å². The van der Waals surface area contributed by atoms with Crippen molar-refractivity contribution < 1.29 is 31.4 Å². The maximum Gasteiger partial charge on any atom is 0.416 e. The molecule has 21 heavy (non-hydrogen) atoms. The van der Waals surface area contributed by atoms with Crippen LogP contribution in [0.4, 0.5) is 26.3 Å². The summed E-state index contributed by atoms with van der Waals surface area (Å²) in [5.41, 5.74) is -3.27. The molecule has 1 rings (SSSR count). The van der Waals surface area contributed by atoms with E-state index in [0.29, 0.717) is 18.7 Å². The Kier molecular flexibility index (Phi) is 5.63. The maximum absolute atomic E-state index is 12.6. The van der Waals surface area contributed by atoms with Crippen molar-refractivity contribution in [3.63, 3.8) is 0 Å². The molecule has 0 heterocycles. The van der Waals surface area contributed by atoms with Gasteiger partial charge in [-0.15, -0.1) is 0 Å². The summed E-state index contributed by atoms with van der Waals surface area (Å²) in [5.74, 6) is 0. The fraction of sp³-hybridized carbons (Fsp3) is 0.538. The molecule has 1 unspecified atom stereocenters. The van der Waals surface area contributed by atoms with E-state index in [9.17, 15) is 31.4 Å². The normalized spacial score (nSPS) is 14.3. The SMILES string of the molecule is CCCNCC(O)c1cc(C(F)(F)F)cc(C(F)(F)F)c1. The third-order valence-electron chi connectivity index (χ3n) is 2.76. The van der Waals surface area contributed by atoms with E-state index in [1.165, 1.54) is 0 Å². The van der Waals surface area contributed by atoms with Gasteiger partial charge in [-0.2, -0.15) is 26.3 Å². The van der Waals surface area contributed by atoms with Crippen molar-refractivity contribution in [2.45, 2.75) is 31.8 Å². The van der Waals surface area contributed by atoms with Gasteiger partial charge in [0.2, 0.25) is 0 Å². The van der Waals surface area contributed by atoms with E-state index in [1.807, 2.05) is 6.92 Å². The second-order valence-electron chi connectivity index (χ2n) is 4.56. The summed E-state index contributed by atoms with van der Waals surface area (Å²) < 4.78 is 75.8. The van der Waals surface area contributed by atoms with Crippen LogP contribution in [0.1, 0.15) is 36.1 Å². The van der Waals surface area contributed by atoms with Gasteiger partial charge in [0.15, 0.2) is 0 Å². The molecule has 1 aromatic rings. The van der Waals surface area contributed by atoms with Crippen LogP contribution in [-0.4, -0.2) is 18.2 Å². The van der Waals surface area contributed by atoms with Crippen LogP contribution in [0, 0.1) is 0 Å². The summed E-state index contributed by atoms with van der Waals surface area (Å²) in [6.45, 7) is 2.22. The number of benzene rings is 1. The molecule has 2 N–H and O–H groups in total. The average Bonchev–Trinajstić information content (AvgIpc) is 2.36. The molecule has 0 aliphatic heterocycles. The van der Waals surface area contributed by atoms with Gasteiger partial charge in [0.1, 0.15) is 0 Å². The molecule has 1 atom stereocenters. The number of hydrogen-bond donors (Lipinski definition) is 2. The first kappa shape index (κ1) is 17.8. The predicted molar refractivity (Wildman–Crippen MR) is 64.6 cm³/mol. The van der Waals surface area contributed by atoms with Crippen LogP contribution in [0.15, 0.2) is 18.2 Å². The van der Waals surface area contributed by atoms with Gasteiger partial charge in [-0.3, -0.25) is 0 Å². The van der Waals surface area contributed by atoms with Crippen molar-refractivity contribution in [2.24, 2.45) is 0 Å². The van der Waals surface area contributed by atoms with E-state index in [0.717, 1.165) is 6.42 Å². The summed E-state index contributed by atoms with van der Waals surface area (Å²) in [6, 6.07) is 1.11. The van der Waals surface area contributed by atoms with Gasteiger partial charge in [0.25, 0.3) is 0 Å². The molecular formula is C13H15F6NO. The molecule has 120 valence electrons. The van der Waals surface area contributed by atoms with E-state index < -0.39 is 35.1 Å². The number of halogens is 6. The molecule has 0 amide bonds. The zero-order valence-corrected chi connectivity index (χ0v) is 11.1. The highest BCUT2D eigenvalue weighted by Gasteiger charge is 2.37. The van der Waals surface area contributed by atoms with Crippen LogP contribution >= 0.6 is 0 Å². The van der Waals surface area contributed by atoms with Crippen molar-refractivity contribution >= 4 is 0 Å². The fourth-order valence-electron chi connectivity index (χ4n) is 1.70. The highest BCUT2D eigenvalue weighted by atomic mass is 19.4. The smallest absolute Gasteiger partial charge is 0.387 e. The lowest BCUT2D eigenvalue weighted by atomic mass is 10.0. The maximum atomic E-state index is 12.6. The zero-order valence-electron chi connectivity index (χ0n) is 11.1. The van der Waals surface area contributed by atoms with E-state index >= 15 is 0 Å². The van der Waals surface area contributed by atoms with Gasteiger partial charge < -0.3 is 10.4 Å². The Labute approximate surface area is 117 Å². The topological polar surface area (TPSA) is 32.3 Å². The van der Waals surface area contributed by atoms with Gasteiger partial charge >= 0.3 is 12.4 Å². The van der Waals surface area contributed by atoms with Gasteiger partial charge in [-0.1, -0.05) is 6.92 Å². The molecule has 0 saturated heterocycles. The standard InChI is InChI=1S/C13H15F6NO/c1-2-3-20-7-11(21)8-4-9(12(14,15)16)6-10(5-8)13(17,18)19/h4-6,11,20-21H,2-3,7H2,1H3. The Bertz CT molecular complexity index is 436. The van der Waals surface area contributed by atoms with Crippen molar-refractivity contribution in [1.29, 1.82) is 0 Å². The lowest BCUT2D eigenvalue weighted by Gasteiger charge is -2.17. The number of hydrogen-bond acceptors (Lipinski definition) is 2. The summed E-state index contributed by atoms with van der Waals surface area (Å²) in [4.78, 5) is 0. The molecule has 0 aliphatic rings. The summed E-state index contributed by atoms with van der Waals surface area (Å²) in [7, 11) is 0. The largest absolute Gasteiger partial charge is 0.416 e. The molecule has 0 aromatic heterocycles. The monoisotopic (exact) mass is 315 g/mol. The summed E-state index contributed by atoms with van der Waals surface area (Å²) >= 11 is 0. The van der Waals surface area contributed by atoms with Gasteiger partial charge in [-0.25, -0.2) is 0 Å². The molecular weight excluding hydrogens is 300 g/mol. The summed E-state index contributed by atoms with van der Waals surface area (Å²) in [5, 5.41) is 12.5. The van der Waals surface area contributed by atoms with E-state index in [1.54, 1.807) is 0 Å². The van der Waals surface area contributed by atoms with Gasteiger partial charge in [0.05, 0.1) is 17.2 Å². The quantitative estimate of drug-likeness (QED) is 0.640. The first-order chi connectivity index (χ1) is 9.55. The third-order valence-corrected chi connectivity index (χ3v) is 2.76. The first-order valence-corrected chi connectivity index (χ1v) is 6.24. The number of aliphatic hydroxyl groups excluding tert-OH is 1. The van der Waals surface area contributed by atoms with Crippen molar-refractivity contribution in [3.8, 4) is 0 Å². The predicted octanol–water partition coefficient (Wildman–Crippen LogP) is 3.76. The minimum absolute atomic E-state index is 0.0374. The van der Waals surface area contributed by atoms with Gasteiger partial charge in [0, 0.05) is 6.54 Å². The van der Waals surface area contributed by atoms with Crippen LogP contribution in [0.3, 0.4) is 0 Å². The lowest BCUT2D eigenvalue weighted by Crippen LogP contribution is -2.23. The van der Waals surface area contributed by atoms with E-state index in [2.05, 4.69) is 5.32 Å². The Hall–Kier alpha value is -1.28. The minimum atomic E-state index is -4.91. The van der Waals surface area contributed by atoms with Crippen molar-refractivity contribution in [2.75, 3.05) is 13.1 Å². The van der Waals surface area contributed by atoms with Crippen molar-refractivity contribution in [3.05, 3.63) is 34.9 Å². The molecule has 1 aromatic carbocycles. The molecule has 0 spiro atoms. The molecule has 2 nitrogen and oxygen atoms in total.